The molecule has 0 aliphatic carbocycles. The van der Waals surface area contributed by atoms with Gasteiger partial charge in [-0.2, -0.15) is 0 Å². The quantitative estimate of drug-likeness (QED) is 0.537. The summed E-state index contributed by atoms with van der Waals surface area (Å²) < 4.78 is 6.50. The summed E-state index contributed by atoms with van der Waals surface area (Å²) in [6.07, 6.45) is 1.19. The molecular formula is C23H26ClN3O2S. The number of carbonyl (C=O) groups is 1. The van der Waals surface area contributed by atoms with Crippen LogP contribution in [-0.2, 0) is 16.0 Å². The number of anilines is 1. The number of rotatable bonds is 7. The Labute approximate surface area is 186 Å². The third-order valence-electron chi connectivity index (χ3n) is 5.48. The number of benzene rings is 2. The lowest BCUT2D eigenvalue weighted by Crippen LogP contribution is -2.43. The van der Waals surface area contributed by atoms with Gasteiger partial charge in [0, 0.05) is 37.6 Å². The van der Waals surface area contributed by atoms with Crippen LogP contribution in [-0.4, -0.2) is 55.2 Å². The molecule has 0 saturated carbocycles. The lowest BCUT2D eigenvalue weighted by molar-refractivity contribution is -0.118. The number of aromatic nitrogens is 1. The fourth-order valence-corrected chi connectivity index (χ4v) is 4.85. The van der Waals surface area contributed by atoms with Crippen LogP contribution < -0.4 is 4.90 Å². The summed E-state index contributed by atoms with van der Waals surface area (Å²) in [7, 11) is 0. The summed E-state index contributed by atoms with van der Waals surface area (Å²) in [6, 6.07) is 14.0. The predicted molar refractivity (Wildman–Crippen MR) is 124 cm³/mol. The van der Waals surface area contributed by atoms with Gasteiger partial charge >= 0.3 is 0 Å². The van der Waals surface area contributed by atoms with Crippen molar-refractivity contribution < 1.29 is 9.53 Å². The Hall–Kier alpha value is -1.99. The zero-order valence-electron chi connectivity index (χ0n) is 17.1. The van der Waals surface area contributed by atoms with Crippen molar-refractivity contribution in [2.24, 2.45) is 0 Å². The van der Waals surface area contributed by atoms with Crippen molar-refractivity contribution in [3.05, 3.63) is 58.6 Å². The maximum atomic E-state index is 13.2. The molecule has 7 heteroatoms. The number of halogens is 1. The van der Waals surface area contributed by atoms with E-state index in [0.29, 0.717) is 18.0 Å². The second kappa shape index (κ2) is 9.88. The standard InChI is InChI=1S/C23H26ClN3O2S/c1-17-19(24)8-9-20-22(17)25-23(30-20)27(12-11-26-13-15-29-16-14-26)21(28)10-7-18-5-3-2-4-6-18/h2-6,8-9H,7,10-16H2,1H3. The van der Waals surface area contributed by atoms with Gasteiger partial charge in [0.1, 0.15) is 0 Å². The normalized spacial score (nSPS) is 14.9. The van der Waals surface area contributed by atoms with Crippen LogP contribution in [0.1, 0.15) is 17.5 Å². The van der Waals surface area contributed by atoms with E-state index < -0.39 is 0 Å². The first-order valence-electron chi connectivity index (χ1n) is 10.3. The van der Waals surface area contributed by atoms with Gasteiger partial charge in [-0.3, -0.25) is 14.6 Å². The average molecular weight is 444 g/mol. The minimum absolute atomic E-state index is 0.106. The van der Waals surface area contributed by atoms with Crippen LogP contribution in [0.2, 0.25) is 5.02 Å². The molecule has 1 aliphatic heterocycles. The van der Waals surface area contributed by atoms with Crippen LogP contribution in [0.15, 0.2) is 42.5 Å². The number of amides is 1. The molecule has 0 radical (unpaired) electrons. The monoisotopic (exact) mass is 443 g/mol. The summed E-state index contributed by atoms with van der Waals surface area (Å²) in [5, 5.41) is 1.45. The van der Waals surface area contributed by atoms with E-state index in [1.807, 2.05) is 42.2 Å². The molecule has 1 fully saturated rings. The molecule has 1 amide bonds. The Balaban J connectivity index is 1.54. The van der Waals surface area contributed by atoms with Crippen LogP contribution in [0.3, 0.4) is 0 Å². The molecule has 0 N–H and O–H groups in total. The average Bonchev–Trinajstić information content (AvgIpc) is 3.21. The van der Waals surface area contributed by atoms with E-state index in [0.717, 1.165) is 60.2 Å². The molecular weight excluding hydrogens is 418 g/mol. The smallest absolute Gasteiger partial charge is 0.229 e. The van der Waals surface area contributed by atoms with Gasteiger partial charge in [0.2, 0.25) is 5.91 Å². The third-order valence-corrected chi connectivity index (χ3v) is 6.94. The fraction of sp³-hybridized carbons (Fsp3) is 0.391. The van der Waals surface area contributed by atoms with E-state index in [-0.39, 0.29) is 5.91 Å². The lowest BCUT2D eigenvalue weighted by atomic mass is 10.1. The van der Waals surface area contributed by atoms with Gasteiger partial charge in [-0.1, -0.05) is 53.3 Å². The summed E-state index contributed by atoms with van der Waals surface area (Å²) in [5.41, 5.74) is 3.02. The Morgan fingerprint density at radius 3 is 2.73 bits per heavy atom. The zero-order valence-corrected chi connectivity index (χ0v) is 18.7. The van der Waals surface area contributed by atoms with E-state index in [1.54, 1.807) is 11.3 Å². The molecule has 4 rings (SSSR count). The number of nitrogens with zero attached hydrogens (tertiary/aromatic N) is 3. The van der Waals surface area contributed by atoms with Crippen molar-refractivity contribution in [2.75, 3.05) is 44.3 Å². The highest BCUT2D eigenvalue weighted by molar-refractivity contribution is 7.22. The van der Waals surface area contributed by atoms with Gasteiger partial charge in [-0.15, -0.1) is 0 Å². The van der Waals surface area contributed by atoms with Crippen LogP contribution in [0.25, 0.3) is 10.2 Å². The number of thiazole rings is 1. The Morgan fingerprint density at radius 1 is 1.20 bits per heavy atom. The van der Waals surface area contributed by atoms with Gasteiger partial charge in [-0.05, 0) is 36.6 Å². The lowest BCUT2D eigenvalue weighted by Gasteiger charge is -2.29. The molecule has 5 nitrogen and oxygen atoms in total. The summed E-state index contributed by atoms with van der Waals surface area (Å²) in [4.78, 5) is 22.3. The Morgan fingerprint density at radius 2 is 1.97 bits per heavy atom. The van der Waals surface area contributed by atoms with Gasteiger partial charge in [-0.25, -0.2) is 4.98 Å². The highest BCUT2D eigenvalue weighted by Crippen LogP contribution is 2.33. The summed E-state index contributed by atoms with van der Waals surface area (Å²) in [6.45, 7) is 6.72. The van der Waals surface area contributed by atoms with E-state index >= 15 is 0 Å². The first kappa shape index (κ1) is 21.2. The SMILES string of the molecule is Cc1c(Cl)ccc2sc(N(CCN3CCOCC3)C(=O)CCc3ccccc3)nc12. The summed E-state index contributed by atoms with van der Waals surface area (Å²) >= 11 is 7.84. The second-order valence-corrected chi connectivity index (χ2v) is 8.92. The number of fused-ring (bicyclic) bond motifs is 1. The topological polar surface area (TPSA) is 45.7 Å². The molecule has 0 bridgehead atoms. The first-order chi connectivity index (χ1) is 14.6. The van der Waals surface area contributed by atoms with Crippen LogP contribution >= 0.6 is 22.9 Å². The third kappa shape index (κ3) is 5.01. The molecule has 1 aliphatic rings. The molecule has 0 spiro atoms. The number of aryl methyl sites for hydroxylation is 2. The molecule has 2 aromatic carbocycles. The first-order valence-corrected chi connectivity index (χ1v) is 11.5. The van der Waals surface area contributed by atoms with Gasteiger partial charge < -0.3 is 4.74 Å². The van der Waals surface area contributed by atoms with Crippen molar-refractivity contribution >= 4 is 44.2 Å². The molecule has 0 atom stereocenters. The molecule has 1 saturated heterocycles. The zero-order chi connectivity index (χ0) is 20.9. The Bertz CT molecular complexity index is 1000. The summed E-state index contributed by atoms with van der Waals surface area (Å²) in [5.74, 6) is 0.106. The molecule has 30 heavy (non-hydrogen) atoms. The number of carbonyl (C=O) groups excluding carboxylic acids is 1. The maximum absolute atomic E-state index is 13.2. The maximum Gasteiger partial charge on any atom is 0.229 e. The van der Waals surface area contributed by atoms with E-state index in [9.17, 15) is 4.79 Å². The van der Waals surface area contributed by atoms with Gasteiger partial charge in [0.25, 0.3) is 0 Å². The largest absolute Gasteiger partial charge is 0.379 e. The number of ether oxygens (including phenoxy) is 1. The van der Waals surface area contributed by atoms with Crippen LogP contribution in [0.4, 0.5) is 5.13 Å². The second-order valence-electron chi connectivity index (χ2n) is 7.50. The molecule has 0 unspecified atom stereocenters. The highest BCUT2D eigenvalue weighted by Gasteiger charge is 2.22. The van der Waals surface area contributed by atoms with Crippen molar-refractivity contribution in [1.29, 1.82) is 0 Å². The van der Waals surface area contributed by atoms with Gasteiger partial charge in [0.15, 0.2) is 5.13 Å². The van der Waals surface area contributed by atoms with E-state index in [4.69, 9.17) is 21.3 Å². The van der Waals surface area contributed by atoms with Crippen LogP contribution in [0, 0.1) is 6.92 Å². The number of hydrogen-bond acceptors (Lipinski definition) is 5. The predicted octanol–water partition coefficient (Wildman–Crippen LogP) is 4.56. The molecule has 1 aromatic heterocycles. The van der Waals surface area contributed by atoms with Crippen molar-refractivity contribution in [3.63, 3.8) is 0 Å². The van der Waals surface area contributed by atoms with Crippen molar-refractivity contribution in [2.45, 2.75) is 19.8 Å². The van der Waals surface area contributed by atoms with E-state index in [1.165, 1.54) is 5.56 Å². The molecule has 158 valence electrons. The number of morpholine rings is 1. The Kier molecular flexibility index (Phi) is 7.00. The number of hydrogen-bond donors (Lipinski definition) is 0. The van der Waals surface area contributed by atoms with Gasteiger partial charge in [0.05, 0.1) is 23.4 Å². The van der Waals surface area contributed by atoms with E-state index in [2.05, 4.69) is 17.0 Å². The highest BCUT2D eigenvalue weighted by atomic mass is 35.5. The minimum Gasteiger partial charge on any atom is -0.379 e. The fourth-order valence-electron chi connectivity index (χ4n) is 3.63. The molecule has 3 aromatic rings. The molecule has 2 heterocycles. The van der Waals surface area contributed by atoms with Crippen molar-refractivity contribution in [3.8, 4) is 0 Å². The van der Waals surface area contributed by atoms with Crippen LogP contribution in [0.5, 0.6) is 0 Å². The van der Waals surface area contributed by atoms with Crippen molar-refractivity contribution in [1.82, 2.24) is 9.88 Å². The minimum atomic E-state index is 0.106.